The van der Waals surface area contributed by atoms with E-state index in [4.69, 9.17) is 9.97 Å². The molecule has 5 rings (SSSR count). The molecule has 4 aromatic rings. The summed E-state index contributed by atoms with van der Waals surface area (Å²) in [6, 6.07) is 15.4. The Morgan fingerprint density at radius 3 is 2.61 bits per heavy atom. The number of nitrogens with one attached hydrogen (secondary N) is 1. The van der Waals surface area contributed by atoms with Gasteiger partial charge in [-0.25, -0.2) is 23.7 Å². The zero-order valence-corrected chi connectivity index (χ0v) is 20.7. The fraction of sp³-hybridized carbons (Fsp3) is 0.321. The van der Waals surface area contributed by atoms with Crippen LogP contribution in [-0.4, -0.2) is 44.1 Å². The molecule has 0 saturated carbocycles. The average molecular weight is 489 g/mol. The van der Waals surface area contributed by atoms with Crippen molar-refractivity contribution in [2.75, 3.05) is 18.9 Å². The highest BCUT2D eigenvalue weighted by atomic mass is 19.1. The lowest BCUT2D eigenvalue weighted by Crippen LogP contribution is -2.26. The summed E-state index contributed by atoms with van der Waals surface area (Å²) in [5.41, 5.74) is 4.25. The standard InChI is InChI=1S/C28H30F2N6/c1-18(2)32-28-31-14-13-24(33-28)27-26(20-7-9-21(29)10-8-20)34-25-12-11-23(36(25)27)17-35(3)16-19-5-4-6-22(30)15-19/h4-10,13-15,18,23H,11-12,16-17H2,1-3H3,(H,31,32,33). The van der Waals surface area contributed by atoms with Crippen LogP contribution in [0.4, 0.5) is 14.7 Å². The number of aryl methyl sites for hydroxylation is 1. The van der Waals surface area contributed by atoms with Gasteiger partial charge in [-0.15, -0.1) is 0 Å². The van der Waals surface area contributed by atoms with Crippen LogP contribution in [0.5, 0.6) is 0 Å². The number of benzene rings is 2. The molecule has 186 valence electrons. The monoisotopic (exact) mass is 488 g/mol. The van der Waals surface area contributed by atoms with Crippen molar-refractivity contribution in [2.45, 2.75) is 45.3 Å². The third kappa shape index (κ3) is 5.14. The normalized spacial score (nSPS) is 15.0. The number of imidazole rings is 1. The Hall–Kier alpha value is -3.65. The minimum Gasteiger partial charge on any atom is -0.352 e. The predicted molar refractivity (Wildman–Crippen MR) is 137 cm³/mol. The summed E-state index contributed by atoms with van der Waals surface area (Å²) in [5.74, 6) is 1.04. The first-order chi connectivity index (χ1) is 17.4. The van der Waals surface area contributed by atoms with Gasteiger partial charge in [0.05, 0.1) is 17.1 Å². The first kappa shape index (κ1) is 24.1. The zero-order valence-electron chi connectivity index (χ0n) is 20.7. The lowest BCUT2D eigenvalue weighted by Gasteiger charge is -2.24. The Balaban J connectivity index is 1.52. The fourth-order valence-corrected chi connectivity index (χ4v) is 4.89. The zero-order chi connectivity index (χ0) is 25.2. The van der Waals surface area contributed by atoms with Crippen LogP contribution in [0.2, 0.25) is 0 Å². The molecule has 0 radical (unpaired) electrons. The fourth-order valence-electron chi connectivity index (χ4n) is 4.89. The molecule has 0 bridgehead atoms. The van der Waals surface area contributed by atoms with E-state index in [1.807, 2.05) is 26.0 Å². The van der Waals surface area contributed by atoms with E-state index in [1.165, 1.54) is 18.2 Å². The maximum atomic E-state index is 13.7. The SMILES string of the molecule is CC(C)Nc1nccc(-c2c(-c3ccc(F)cc3)nc3n2C(CN(C)Cc2cccc(F)c2)CC3)n1. The minimum absolute atomic E-state index is 0.173. The Bertz CT molecular complexity index is 1350. The van der Waals surface area contributed by atoms with E-state index in [0.29, 0.717) is 12.5 Å². The molecule has 1 N–H and O–H groups in total. The first-order valence-electron chi connectivity index (χ1n) is 12.3. The number of halogens is 2. The number of nitrogens with zero attached hydrogens (tertiary/aromatic N) is 5. The van der Waals surface area contributed by atoms with Gasteiger partial charge in [0.2, 0.25) is 5.95 Å². The van der Waals surface area contributed by atoms with Crippen molar-refractivity contribution in [3.8, 4) is 22.6 Å². The summed E-state index contributed by atoms with van der Waals surface area (Å²) in [4.78, 5) is 16.4. The van der Waals surface area contributed by atoms with E-state index in [2.05, 4.69) is 26.8 Å². The van der Waals surface area contributed by atoms with E-state index in [1.54, 1.807) is 30.5 Å². The van der Waals surface area contributed by atoms with Crippen molar-refractivity contribution in [1.29, 1.82) is 0 Å². The summed E-state index contributed by atoms with van der Waals surface area (Å²) >= 11 is 0. The molecule has 0 aliphatic carbocycles. The summed E-state index contributed by atoms with van der Waals surface area (Å²) in [6.07, 6.45) is 3.55. The van der Waals surface area contributed by atoms with Crippen molar-refractivity contribution < 1.29 is 8.78 Å². The molecule has 0 spiro atoms. The number of hydrogen-bond acceptors (Lipinski definition) is 5. The highest BCUT2D eigenvalue weighted by molar-refractivity contribution is 5.78. The molecule has 8 heteroatoms. The van der Waals surface area contributed by atoms with Crippen molar-refractivity contribution in [2.24, 2.45) is 0 Å². The Morgan fingerprint density at radius 1 is 1.06 bits per heavy atom. The molecule has 2 aromatic carbocycles. The van der Waals surface area contributed by atoms with Gasteiger partial charge in [-0.1, -0.05) is 12.1 Å². The summed E-state index contributed by atoms with van der Waals surface area (Å²) < 4.78 is 29.7. The van der Waals surface area contributed by atoms with Gasteiger partial charge < -0.3 is 14.8 Å². The summed E-state index contributed by atoms with van der Waals surface area (Å²) in [7, 11) is 2.05. The molecule has 0 amide bonds. The van der Waals surface area contributed by atoms with Crippen molar-refractivity contribution in [3.05, 3.63) is 83.8 Å². The molecule has 2 aromatic heterocycles. The van der Waals surface area contributed by atoms with Crippen LogP contribution in [0.1, 0.15) is 37.7 Å². The number of likely N-dealkylation sites (N-methyl/N-ethyl adjacent to an activating group) is 1. The van der Waals surface area contributed by atoms with E-state index < -0.39 is 0 Å². The second kappa shape index (κ2) is 10.1. The van der Waals surface area contributed by atoms with Gasteiger partial charge in [-0.2, -0.15) is 0 Å². The van der Waals surface area contributed by atoms with Crippen LogP contribution in [0.25, 0.3) is 22.6 Å². The van der Waals surface area contributed by atoms with Crippen LogP contribution in [0, 0.1) is 11.6 Å². The third-order valence-electron chi connectivity index (χ3n) is 6.35. The van der Waals surface area contributed by atoms with Gasteiger partial charge in [0.25, 0.3) is 0 Å². The average Bonchev–Trinajstić information content (AvgIpc) is 3.39. The number of rotatable bonds is 8. The van der Waals surface area contributed by atoms with Crippen LogP contribution in [0.3, 0.4) is 0 Å². The van der Waals surface area contributed by atoms with Crippen LogP contribution in [-0.2, 0) is 13.0 Å². The molecule has 1 atom stereocenters. The third-order valence-corrected chi connectivity index (χ3v) is 6.35. The summed E-state index contributed by atoms with van der Waals surface area (Å²) in [5, 5.41) is 3.28. The van der Waals surface area contributed by atoms with E-state index in [0.717, 1.165) is 53.4 Å². The Labute approximate surface area is 210 Å². The smallest absolute Gasteiger partial charge is 0.223 e. The highest BCUT2D eigenvalue weighted by Crippen LogP contribution is 2.39. The Kier molecular flexibility index (Phi) is 6.78. The topological polar surface area (TPSA) is 58.9 Å². The maximum absolute atomic E-state index is 13.7. The molecular weight excluding hydrogens is 458 g/mol. The van der Waals surface area contributed by atoms with Gasteiger partial charge in [0.1, 0.15) is 17.5 Å². The second-order valence-corrected chi connectivity index (χ2v) is 9.69. The quantitative estimate of drug-likeness (QED) is 0.344. The molecule has 6 nitrogen and oxygen atoms in total. The van der Waals surface area contributed by atoms with Gasteiger partial charge in [0, 0.05) is 43.4 Å². The van der Waals surface area contributed by atoms with Crippen molar-refractivity contribution in [1.82, 2.24) is 24.4 Å². The van der Waals surface area contributed by atoms with Crippen LogP contribution in [0.15, 0.2) is 60.8 Å². The van der Waals surface area contributed by atoms with E-state index in [9.17, 15) is 8.78 Å². The van der Waals surface area contributed by atoms with Gasteiger partial charge in [0.15, 0.2) is 0 Å². The molecule has 0 fully saturated rings. The number of hydrogen-bond donors (Lipinski definition) is 1. The molecule has 36 heavy (non-hydrogen) atoms. The van der Waals surface area contributed by atoms with E-state index in [-0.39, 0.29) is 23.7 Å². The number of anilines is 1. The molecular formula is C28H30F2N6. The Morgan fingerprint density at radius 2 is 1.86 bits per heavy atom. The molecule has 1 aliphatic rings. The first-order valence-corrected chi connectivity index (χ1v) is 12.3. The second-order valence-electron chi connectivity index (χ2n) is 9.69. The highest BCUT2D eigenvalue weighted by Gasteiger charge is 2.31. The molecule has 1 aliphatic heterocycles. The molecule has 0 saturated heterocycles. The van der Waals surface area contributed by atoms with Gasteiger partial charge in [-0.3, -0.25) is 0 Å². The molecule has 1 unspecified atom stereocenters. The van der Waals surface area contributed by atoms with Gasteiger partial charge in [-0.05, 0) is 75.3 Å². The number of aromatic nitrogens is 4. The summed E-state index contributed by atoms with van der Waals surface area (Å²) in [6.45, 7) is 5.51. The van der Waals surface area contributed by atoms with Gasteiger partial charge >= 0.3 is 0 Å². The largest absolute Gasteiger partial charge is 0.352 e. The lowest BCUT2D eigenvalue weighted by molar-refractivity contribution is 0.273. The van der Waals surface area contributed by atoms with Crippen molar-refractivity contribution >= 4 is 5.95 Å². The predicted octanol–water partition coefficient (Wildman–Crippen LogP) is 5.72. The number of fused-ring (bicyclic) bond motifs is 1. The minimum atomic E-state index is -0.283. The molecule has 3 heterocycles. The lowest BCUT2D eigenvalue weighted by atomic mass is 10.1. The van der Waals surface area contributed by atoms with Crippen LogP contribution < -0.4 is 5.32 Å². The van der Waals surface area contributed by atoms with Crippen LogP contribution >= 0.6 is 0 Å². The van der Waals surface area contributed by atoms with E-state index >= 15 is 0 Å². The van der Waals surface area contributed by atoms with Crippen molar-refractivity contribution in [3.63, 3.8) is 0 Å². The maximum Gasteiger partial charge on any atom is 0.223 e.